The van der Waals surface area contributed by atoms with Crippen molar-refractivity contribution in [3.8, 4) is 11.6 Å². The van der Waals surface area contributed by atoms with Gasteiger partial charge in [0.1, 0.15) is 5.69 Å². The number of para-hydroxylation sites is 2. The second-order valence-electron chi connectivity index (χ2n) is 5.81. The number of benzene rings is 1. The summed E-state index contributed by atoms with van der Waals surface area (Å²) in [5.41, 5.74) is 2.01. The molecule has 0 spiro atoms. The minimum Gasteiger partial charge on any atom is -0.434 e. The van der Waals surface area contributed by atoms with Crippen molar-refractivity contribution < 1.29 is 4.74 Å². The summed E-state index contributed by atoms with van der Waals surface area (Å²) < 4.78 is 5.87. The van der Waals surface area contributed by atoms with Crippen LogP contribution in [0.3, 0.4) is 0 Å². The zero-order chi connectivity index (χ0) is 15.1. The van der Waals surface area contributed by atoms with Crippen LogP contribution in [0.4, 0.5) is 17.2 Å². The van der Waals surface area contributed by atoms with Gasteiger partial charge in [0.25, 0.3) is 5.88 Å². The van der Waals surface area contributed by atoms with Gasteiger partial charge in [-0.3, -0.25) is 0 Å². The van der Waals surface area contributed by atoms with Crippen LogP contribution in [0.5, 0.6) is 11.6 Å². The number of hydrogen-bond donors (Lipinski definition) is 0. The first kappa shape index (κ1) is 18.6. The van der Waals surface area contributed by atoms with E-state index in [1.54, 1.807) is 0 Å². The highest BCUT2D eigenvalue weighted by molar-refractivity contribution is 5.85. The van der Waals surface area contributed by atoms with E-state index >= 15 is 0 Å². The SMILES string of the molecule is CN1CCN(c2cc3c(nn2)Oc2ccccc2N3C)CC1.Cl.Cl. The molecule has 2 aliphatic heterocycles. The Kier molecular flexibility index (Phi) is 5.74. The molecule has 8 heteroatoms. The zero-order valence-corrected chi connectivity index (χ0v) is 15.3. The number of hydrogen-bond acceptors (Lipinski definition) is 6. The molecule has 1 aromatic carbocycles. The van der Waals surface area contributed by atoms with Gasteiger partial charge in [-0.15, -0.1) is 35.0 Å². The number of anilines is 3. The van der Waals surface area contributed by atoms with Crippen LogP contribution in [-0.4, -0.2) is 55.4 Å². The molecule has 1 fully saturated rings. The van der Waals surface area contributed by atoms with Gasteiger partial charge in [0.2, 0.25) is 0 Å². The Morgan fingerprint density at radius 1 is 0.917 bits per heavy atom. The van der Waals surface area contributed by atoms with E-state index in [0.29, 0.717) is 5.88 Å². The van der Waals surface area contributed by atoms with Crippen LogP contribution in [0.1, 0.15) is 0 Å². The largest absolute Gasteiger partial charge is 0.434 e. The molecule has 0 bridgehead atoms. The third-order valence-electron chi connectivity index (χ3n) is 4.35. The lowest BCUT2D eigenvalue weighted by Crippen LogP contribution is -2.45. The van der Waals surface area contributed by atoms with Gasteiger partial charge in [0.15, 0.2) is 11.6 Å². The topological polar surface area (TPSA) is 44.7 Å². The number of nitrogens with zero attached hydrogens (tertiary/aromatic N) is 5. The Morgan fingerprint density at radius 3 is 2.38 bits per heavy atom. The summed E-state index contributed by atoms with van der Waals surface area (Å²) in [5.74, 6) is 2.31. The van der Waals surface area contributed by atoms with Crippen molar-refractivity contribution in [3.63, 3.8) is 0 Å². The Balaban J connectivity index is 0.00000104. The molecule has 0 aliphatic carbocycles. The van der Waals surface area contributed by atoms with E-state index in [1.165, 1.54) is 0 Å². The number of aromatic nitrogens is 2. The Hall–Kier alpha value is -1.76. The monoisotopic (exact) mass is 369 g/mol. The molecule has 6 nitrogen and oxygen atoms in total. The van der Waals surface area contributed by atoms with Gasteiger partial charge >= 0.3 is 0 Å². The summed E-state index contributed by atoms with van der Waals surface area (Å²) in [4.78, 5) is 6.72. The van der Waals surface area contributed by atoms with Gasteiger partial charge in [-0.05, 0) is 19.2 Å². The Morgan fingerprint density at radius 2 is 1.62 bits per heavy atom. The second kappa shape index (κ2) is 7.42. The predicted molar refractivity (Wildman–Crippen MR) is 101 cm³/mol. The average molecular weight is 370 g/mol. The van der Waals surface area contributed by atoms with Crippen LogP contribution in [0, 0.1) is 0 Å². The van der Waals surface area contributed by atoms with Crippen LogP contribution in [0.15, 0.2) is 30.3 Å². The first-order valence-electron chi connectivity index (χ1n) is 7.54. The summed E-state index contributed by atoms with van der Waals surface area (Å²) in [7, 11) is 4.18. The standard InChI is InChI=1S/C16H19N5O.2ClH/c1-19-7-9-21(10-8-19)15-11-13-16(18-17-15)22-14-6-4-3-5-12(14)20(13)2;;/h3-6,11H,7-10H2,1-2H3;2*1H. The fourth-order valence-corrected chi connectivity index (χ4v) is 2.92. The molecule has 0 unspecified atom stereocenters. The normalized spacial score (nSPS) is 16.2. The van der Waals surface area contributed by atoms with Gasteiger partial charge in [-0.1, -0.05) is 12.1 Å². The van der Waals surface area contributed by atoms with E-state index in [2.05, 4.69) is 38.0 Å². The second-order valence-corrected chi connectivity index (χ2v) is 5.81. The van der Waals surface area contributed by atoms with E-state index in [9.17, 15) is 0 Å². The van der Waals surface area contributed by atoms with E-state index in [-0.39, 0.29) is 24.8 Å². The molecular formula is C16H21Cl2N5O. The van der Waals surface area contributed by atoms with Crippen LogP contribution in [0.2, 0.25) is 0 Å². The molecule has 24 heavy (non-hydrogen) atoms. The Labute approximate surface area is 154 Å². The van der Waals surface area contributed by atoms with Crippen LogP contribution in [-0.2, 0) is 0 Å². The van der Waals surface area contributed by atoms with Gasteiger partial charge in [-0.2, -0.15) is 0 Å². The van der Waals surface area contributed by atoms with E-state index in [1.807, 2.05) is 31.3 Å². The molecule has 4 rings (SSSR count). The first-order chi connectivity index (χ1) is 10.7. The predicted octanol–water partition coefficient (Wildman–Crippen LogP) is 2.95. The van der Waals surface area contributed by atoms with Crippen molar-refractivity contribution in [1.29, 1.82) is 0 Å². The molecule has 130 valence electrons. The van der Waals surface area contributed by atoms with Gasteiger partial charge in [0, 0.05) is 39.3 Å². The highest BCUT2D eigenvalue weighted by atomic mass is 35.5. The molecule has 0 N–H and O–H groups in total. The quantitative estimate of drug-likeness (QED) is 0.769. The van der Waals surface area contributed by atoms with Crippen LogP contribution >= 0.6 is 24.8 Å². The van der Waals surface area contributed by atoms with Crippen molar-refractivity contribution in [1.82, 2.24) is 15.1 Å². The number of halogens is 2. The highest BCUT2D eigenvalue weighted by Gasteiger charge is 2.25. The number of likely N-dealkylation sites (N-methyl/N-ethyl adjacent to an activating group) is 1. The van der Waals surface area contributed by atoms with E-state index in [0.717, 1.165) is 49.1 Å². The number of fused-ring (bicyclic) bond motifs is 2. The smallest absolute Gasteiger partial charge is 0.263 e. The summed E-state index contributed by atoms with van der Waals surface area (Å²) >= 11 is 0. The van der Waals surface area contributed by atoms with Crippen molar-refractivity contribution >= 4 is 42.0 Å². The molecule has 2 aliphatic rings. The maximum Gasteiger partial charge on any atom is 0.263 e. The average Bonchev–Trinajstić information content (AvgIpc) is 2.56. The summed E-state index contributed by atoms with van der Waals surface area (Å²) in [6.07, 6.45) is 0. The van der Waals surface area contributed by atoms with Crippen molar-refractivity contribution in [2.45, 2.75) is 0 Å². The van der Waals surface area contributed by atoms with Crippen molar-refractivity contribution in [2.24, 2.45) is 0 Å². The molecule has 3 heterocycles. The Bertz CT molecular complexity index is 707. The molecule has 0 saturated carbocycles. The lowest BCUT2D eigenvalue weighted by atomic mass is 10.2. The fraction of sp³-hybridized carbons (Fsp3) is 0.375. The third-order valence-corrected chi connectivity index (χ3v) is 4.35. The zero-order valence-electron chi connectivity index (χ0n) is 13.7. The lowest BCUT2D eigenvalue weighted by molar-refractivity contribution is 0.311. The van der Waals surface area contributed by atoms with Gasteiger partial charge in [0.05, 0.1) is 5.69 Å². The molecule has 0 atom stereocenters. The summed E-state index contributed by atoms with van der Waals surface area (Å²) in [6, 6.07) is 10.0. The third kappa shape index (κ3) is 3.22. The van der Waals surface area contributed by atoms with Gasteiger partial charge < -0.3 is 19.4 Å². The molecular weight excluding hydrogens is 349 g/mol. The van der Waals surface area contributed by atoms with E-state index in [4.69, 9.17) is 4.74 Å². The highest BCUT2D eigenvalue weighted by Crippen LogP contribution is 2.44. The molecule has 0 radical (unpaired) electrons. The van der Waals surface area contributed by atoms with Crippen LogP contribution in [0.25, 0.3) is 0 Å². The van der Waals surface area contributed by atoms with E-state index < -0.39 is 0 Å². The first-order valence-corrected chi connectivity index (χ1v) is 7.54. The maximum atomic E-state index is 5.87. The fourth-order valence-electron chi connectivity index (χ4n) is 2.92. The minimum atomic E-state index is 0. The lowest BCUT2D eigenvalue weighted by Gasteiger charge is -2.34. The minimum absolute atomic E-state index is 0. The van der Waals surface area contributed by atoms with Crippen molar-refractivity contribution in [3.05, 3.63) is 30.3 Å². The van der Waals surface area contributed by atoms with Crippen LogP contribution < -0.4 is 14.5 Å². The molecule has 0 amide bonds. The number of ether oxygens (including phenoxy) is 1. The number of rotatable bonds is 1. The molecule has 1 aromatic heterocycles. The maximum absolute atomic E-state index is 5.87. The molecule has 1 saturated heterocycles. The summed E-state index contributed by atoms with van der Waals surface area (Å²) in [5, 5.41) is 8.65. The number of piperazine rings is 1. The summed E-state index contributed by atoms with van der Waals surface area (Å²) in [6.45, 7) is 4.05. The van der Waals surface area contributed by atoms with Crippen molar-refractivity contribution in [2.75, 3.05) is 50.1 Å². The van der Waals surface area contributed by atoms with Gasteiger partial charge in [-0.25, -0.2) is 0 Å². The molecule has 2 aromatic rings.